The molecular formula is C17H22BrClF2N2O4. The van der Waals surface area contributed by atoms with Crippen LogP contribution in [0.5, 0.6) is 0 Å². The van der Waals surface area contributed by atoms with E-state index in [1.807, 2.05) is 0 Å². The topological polar surface area (TPSA) is 73.2 Å². The van der Waals surface area contributed by atoms with Gasteiger partial charge in [0.2, 0.25) is 0 Å². The lowest BCUT2D eigenvalue weighted by Crippen LogP contribution is -2.57. The average Bonchev–Trinajstić information content (AvgIpc) is 2.60. The number of hydrogen-bond donors (Lipinski definition) is 2. The number of amides is 1. The van der Waals surface area contributed by atoms with Gasteiger partial charge in [-0.1, -0.05) is 11.6 Å². The number of hydrogen-bond acceptors (Lipinski definition) is 5. The minimum Gasteiger partial charge on any atom is -0.444 e. The second-order valence-electron chi connectivity index (χ2n) is 7.26. The molecular weight excluding hydrogens is 450 g/mol. The van der Waals surface area contributed by atoms with Crippen molar-refractivity contribution in [1.29, 1.82) is 0 Å². The number of piperazine rings is 1. The van der Waals surface area contributed by atoms with Crippen molar-refractivity contribution >= 4 is 33.6 Å². The monoisotopic (exact) mass is 470 g/mol. The van der Waals surface area contributed by atoms with Crippen LogP contribution in [0.3, 0.4) is 0 Å². The second-order valence-corrected chi connectivity index (χ2v) is 8.43. The highest BCUT2D eigenvalue weighted by Gasteiger charge is 2.36. The molecule has 1 fully saturated rings. The highest BCUT2D eigenvalue weighted by atomic mass is 79.9. The molecule has 2 rings (SSSR count). The van der Waals surface area contributed by atoms with Gasteiger partial charge >= 0.3 is 6.09 Å². The first-order valence-corrected chi connectivity index (χ1v) is 9.48. The van der Waals surface area contributed by atoms with Crippen molar-refractivity contribution in [1.82, 2.24) is 9.80 Å². The van der Waals surface area contributed by atoms with Gasteiger partial charge < -0.3 is 19.8 Å². The molecule has 1 aromatic rings. The Bertz CT molecular complexity index is 717. The molecule has 0 aromatic heterocycles. The van der Waals surface area contributed by atoms with Crippen LogP contribution in [0.1, 0.15) is 32.6 Å². The second kappa shape index (κ2) is 8.57. The van der Waals surface area contributed by atoms with Crippen molar-refractivity contribution in [2.45, 2.75) is 38.6 Å². The molecule has 1 aromatic carbocycles. The largest absolute Gasteiger partial charge is 0.444 e. The highest BCUT2D eigenvalue weighted by Crippen LogP contribution is 2.35. The third-order valence-corrected chi connectivity index (χ3v) is 5.47. The Labute approximate surface area is 169 Å². The van der Waals surface area contributed by atoms with Crippen LogP contribution in [0, 0.1) is 11.6 Å². The molecule has 0 spiro atoms. The van der Waals surface area contributed by atoms with E-state index in [1.54, 1.807) is 20.8 Å². The Kier molecular flexibility index (Phi) is 7.07. The molecule has 0 bridgehead atoms. The van der Waals surface area contributed by atoms with E-state index in [9.17, 15) is 23.8 Å². The lowest BCUT2D eigenvalue weighted by atomic mass is 10.1. The molecule has 1 aliphatic heterocycles. The van der Waals surface area contributed by atoms with E-state index >= 15 is 0 Å². The minimum absolute atomic E-state index is 0.0663. The van der Waals surface area contributed by atoms with Gasteiger partial charge in [0, 0.05) is 25.2 Å². The van der Waals surface area contributed by atoms with Gasteiger partial charge in [0.25, 0.3) is 0 Å². The number of benzene rings is 1. The standard InChI is InChI=1S/C17H22BrClF2N2O4/c1-17(2,3)27-16(26)22-4-5-23(9(7-22)8-24)15(25)10-6-11(20)12(18)13(19)14(10)21/h6,9,15,24-25H,4-5,7-8H2,1-3H3/t9-,15?/m1/s1. The maximum atomic E-state index is 14.4. The summed E-state index contributed by atoms with van der Waals surface area (Å²) in [6.07, 6.45) is -2.08. The molecule has 10 heteroatoms. The average molecular weight is 472 g/mol. The zero-order valence-corrected chi connectivity index (χ0v) is 17.5. The molecule has 1 saturated heterocycles. The summed E-state index contributed by atoms with van der Waals surface area (Å²) in [5.41, 5.74) is -1.01. The maximum Gasteiger partial charge on any atom is 0.410 e. The maximum absolute atomic E-state index is 14.4. The number of halogens is 4. The SMILES string of the molecule is CC(C)(C)OC(=O)N1CCN(C(O)c2cc(F)c(Br)c(Cl)c2F)[C@@H](CO)C1. The third-order valence-electron chi connectivity index (χ3n) is 4.11. The Morgan fingerprint density at radius 1 is 1.44 bits per heavy atom. The molecule has 2 N–H and O–H groups in total. The number of aliphatic hydroxyl groups is 2. The third kappa shape index (κ3) is 5.08. The predicted octanol–water partition coefficient (Wildman–Crippen LogP) is 3.29. The van der Waals surface area contributed by atoms with Crippen molar-refractivity contribution in [2.75, 3.05) is 26.2 Å². The van der Waals surface area contributed by atoms with Crippen LogP contribution >= 0.6 is 27.5 Å². The van der Waals surface area contributed by atoms with Crippen LogP contribution in [0.2, 0.25) is 5.02 Å². The molecule has 1 heterocycles. The first-order chi connectivity index (χ1) is 12.5. The van der Waals surface area contributed by atoms with Gasteiger partial charge in [-0.25, -0.2) is 13.6 Å². The van der Waals surface area contributed by atoms with Crippen molar-refractivity contribution in [2.24, 2.45) is 0 Å². The molecule has 6 nitrogen and oxygen atoms in total. The van der Waals surface area contributed by atoms with E-state index in [0.717, 1.165) is 6.07 Å². The van der Waals surface area contributed by atoms with Crippen molar-refractivity contribution in [3.05, 3.63) is 32.8 Å². The fourth-order valence-electron chi connectivity index (χ4n) is 2.80. The minimum atomic E-state index is -1.54. The van der Waals surface area contributed by atoms with Gasteiger partial charge in [-0.3, -0.25) is 4.90 Å². The summed E-state index contributed by atoms with van der Waals surface area (Å²) >= 11 is 8.60. The fourth-order valence-corrected chi connectivity index (χ4v) is 3.29. The van der Waals surface area contributed by atoms with Crippen LogP contribution in [0.15, 0.2) is 10.5 Å². The summed E-state index contributed by atoms with van der Waals surface area (Å²) in [5.74, 6) is -1.77. The Morgan fingerprint density at radius 3 is 2.63 bits per heavy atom. The van der Waals surface area contributed by atoms with Crippen LogP contribution in [0.25, 0.3) is 0 Å². The summed E-state index contributed by atoms with van der Waals surface area (Å²) < 4.78 is 33.4. The normalized spacial score (nSPS) is 19.9. The van der Waals surface area contributed by atoms with Gasteiger partial charge in [-0.05, 0) is 42.8 Å². The number of carbonyl (C=O) groups is 1. The molecule has 1 unspecified atom stereocenters. The smallest absolute Gasteiger partial charge is 0.410 e. The molecule has 1 amide bonds. The quantitative estimate of drug-likeness (QED) is 0.523. The Balaban J connectivity index is 2.20. The van der Waals surface area contributed by atoms with E-state index in [0.29, 0.717) is 0 Å². The first-order valence-electron chi connectivity index (χ1n) is 8.31. The van der Waals surface area contributed by atoms with Crippen molar-refractivity contribution in [3.63, 3.8) is 0 Å². The molecule has 152 valence electrons. The molecule has 0 radical (unpaired) electrons. The predicted molar refractivity (Wildman–Crippen MR) is 99.4 cm³/mol. The van der Waals surface area contributed by atoms with Gasteiger partial charge in [0.1, 0.15) is 23.5 Å². The van der Waals surface area contributed by atoms with Gasteiger partial charge in [-0.15, -0.1) is 0 Å². The number of ether oxygens (including phenoxy) is 1. The van der Waals surface area contributed by atoms with Crippen molar-refractivity contribution in [3.8, 4) is 0 Å². The van der Waals surface area contributed by atoms with E-state index in [1.165, 1.54) is 9.80 Å². The molecule has 27 heavy (non-hydrogen) atoms. The number of aliphatic hydroxyl groups excluding tert-OH is 2. The molecule has 0 saturated carbocycles. The van der Waals surface area contributed by atoms with E-state index < -0.39 is 47.2 Å². The number of carbonyl (C=O) groups excluding carboxylic acids is 1. The zero-order chi connectivity index (χ0) is 20.5. The molecule has 2 atom stereocenters. The summed E-state index contributed by atoms with van der Waals surface area (Å²) in [6.45, 7) is 5.20. The Hall–Kier alpha value is -1.00. The summed E-state index contributed by atoms with van der Waals surface area (Å²) in [6, 6.07) is 0.163. The number of nitrogens with zero attached hydrogens (tertiary/aromatic N) is 2. The molecule has 1 aliphatic rings. The van der Waals surface area contributed by atoms with Crippen LogP contribution in [-0.4, -0.2) is 64.0 Å². The zero-order valence-electron chi connectivity index (χ0n) is 15.2. The lowest BCUT2D eigenvalue weighted by Gasteiger charge is -2.43. The molecule has 0 aliphatic carbocycles. The van der Waals surface area contributed by atoms with Gasteiger partial charge in [0.15, 0.2) is 0 Å². The van der Waals surface area contributed by atoms with Crippen LogP contribution in [0.4, 0.5) is 13.6 Å². The van der Waals surface area contributed by atoms with Crippen LogP contribution in [-0.2, 0) is 4.74 Å². The van der Waals surface area contributed by atoms with Crippen LogP contribution < -0.4 is 0 Å². The van der Waals surface area contributed by atoms with Crippen molar-refractivity contribution < 1.29 is 28.5 Å². The first kappa shape index (κ1) is 22.3. The number of rotatable bonds is 3. The highest BCUT2D eigenvalue weighted by molar-refractivity contribution is 9.10. The summed E-state index contributed by atoms with van der Waals surface area (Å²) in [4.78, 5) is 15.0. The summed E-state index contributed by atoms with van der Waals surface area (Å²) in [5, 5.41) is 19.8. The van der Waals surface area contributed by atoms with E-state index in [4.69, 9.17) is 16.3 Å². The van der Waals surface area contributed by atoms with Gasteiger partial charge in [-0.2, -0.15) is 0 Å². The van der Waals surface area contributed by atoms with Gasteiger partial charge in [0.05, 0.1) is 22.1 Å². The summed E-state index contributed by atoms with van der Waals surface area (Å²) in [7, 11) is 0. The van der Waals surface area contributed by atoms with E-state index in [-0.39, 0.29) is 29.7 Å². The lowest BCUT2D eigenvalue weighted by molar-refractivity contribution is -0.0783. The van der Waals surface area contributed by atoms with E-state index in [2.05, 4.69) is 15.9 Å². The Morgan fingerprint density at radius 2 is 2.07 bits per heavy atom. The fraction of sp³-hybridized carbons (Fsp3) is 0.588.